The van der Waals surface area contributed by atoms with Gasteiger partial charge in [0.1, 0.15) is 6.04 Å². The number of aliphatic hydroxyl groups excluding tert-OH is 1. The van der Waals surface area contributed by atoms with Gasteiger partial charge in [0.05, 0.1) is 6.10 Å². The molecule has 2 amide bonds. The molecular weight excluding hydrogens is 272 g/mol. The van der Waals surface area contributed by atoms with Gasteiger partial charge in [0.2, 0.25) is 0 Å². The normalized spacial score (nSPS) is 25.9. The number of β-amino-alcohol motifs (C(OH)–C–C–N with tert-alkyl or cyclic N) is 1. The zero-order valence-corrected chi connectivity index (χ0v) is 11.9. The quantitative estimate of drug-likeness (QED) is 0.625. The summed E-state index contributed by atoms with van der Waals surface area (Å²) < 4.78 is 11.1. The van der Waals surface area contributed by atoms with E-state index in [9.17, 15) is 18.9 Å². The summed E-state index contributed by atoms with van der Waals surface area (Å²) in [7, 11) is -0.946. The van der Waals surface area contributed by atoms with E-state index >= 15 is 0 Å². The number of urea groups is 1. The first-order chi connectivity index (χ1) is 8.82. The highest BCUT2D eigenvalue weighted by Crippen LogP contribution is 2.18. The molecule has 0 saturated carbocycles. The molecule has 0 aliphatic carbocycles. The SMILES string of the molecule is CC(CCNC(=O)N1C[C@@H](O)C[C@H]1C(=O)O)S(C)=O. The lowest BCUT2D eigenvalue weighted by molar-refractivity contribution is -0.141. The minimum absolute atomic E-state index is 0.0259. The fraction of sp³-hybridized carbons (Fsp3) is 0.818. The number of nitrogens with zero attached hydrogens (tertiary/aromatic N) is 1. The van der Waals surface area contributed by atoms with E-state index < -0.39 is 34.9 Å². The number of hydrogen-bond acceptors (Lipinski definition) is 4. The van der Waals surface area contributed by atoms with E-state index in [1.54, 1.807) is 6.26 Å². The third kappa shape index (κ3) is 4.46. The molecule has 0 radical (unpaired) electrons. The van der Waals surface area contributed by atoms with Crippen LogP contribution in [0.15, 0.2) is 0 Å². The van der Waals surface area contributed by atoms with Gasteiger partial charge in [-0.25, -0.2) is 9.59 Å². The van der Waals surface area contributed by atoms with Gasteiger partial charge in [-0.3, -0.25) is 4.21 Å². The van der Waals surface area contributed by atoms with Gasteiger partial charge in [-0.15, -0.1) is 0 Å². The van der Waals surface area contributed by atoms with Crippen LogP contribution in [-0.4, -0.2) is 68.1 Å². The Kier molecular flexibility index (Phi) is 5.74. The lowest BCUT2D eigenvalue weighted by Crippen LogP contribution is -2.46. The lowest BCUT2D eigenvalue weighted by atomic mass is 10.2. The predicted molar refractivity (Wildman–Crippen MR) is 70.3 cm³/mol. The summed E-state index contributed by atoms with van der Waals surface area (Å²) >= 11 is 0. The number of aliphatic hydroxyl groups is 1. The maximum absolute atomic E-state index is 11.8. The van der Waals surface area contributed by atoms with Crippen LogP contribution >= 0.6 is 0 Å². The topological polar surface area (TPSA) is 107 Å². The van der Waals surface area contributed by atoms with Gasteiger partial charge in [0.25, 0.3) is 0 Å². The van der Waals surface area contributed by atoms with Crippen LogP contribution in [0.5, 0.6) is 0 Å². The molecular formula is C11H20N2O5S. The van der Waals surface area contributed by atoms with Crippen molar-refractivity contribution in [2.45, 2.75) is 37.2 Å². The first-order valence-corrected chi connectivity index (χ1v) is 7.72. The summed E-state index contributed by atoms with van der Waals surface area (Å²) in [5, 5.41) is 21.0. The summed E-state index contributed by atoms with van der Waals surface area (Å²) in [4.78, 5) is 23.9. The lowest BCUT2D eigenvalue weighted by Gasteiger charge is -2.21. The zero-order chi connectivity index (χ0) is 14.6. The molecule has 1 heterocycles. The highest BCUT2D eigenvalue weighted by molar-refractivity contribution is 7.84. The third-order valence-electron chi connectivity index (χ3n) is 3.22. The Morgan fingerprint density at radius 2 is 2.16 bits per heavy atom. The van der Waals surface area contributed by atoms with E-state index in [0.717, 1.165) is 4.90 Å². The smallest absolute Gasteiger partial charge is 0.326 e. The summed E-state index contributed by atoms with van der Waals surface area (Å²) in [6.07, 6.45) is 1.42. The molecule has 1 aliphatic rings. The van der Waals surface area contributed by atoms with Crippen LogP contribution in [0.4, 0.5) is 4.79 Å². The van der Waals surface area contributed by atoms with Gasteiger partial charge in [-0.2, -0.15) is 0 Å². The van der Waals surface area contributed by atoms with Gasteiger partial charge in [-0.05, 0) is 6.42 Å². The Bertz CT molecular complexity index is 376. The number of carboxylic acid groups (broad SMARTS) is 1. The van der Waals surface area contributed by atoms with E-state index in [4.69, 9.17) is 5.11 Å². The molecule has 0 aromatic rings. The molecule has 3 N–H and O–H groups in total. The number of amides is 2. The average molecular weight is 292 g/mol. The molecule has 8 heteroatoms. The van der Waals surface area contributed by atoms with Gasteiger partial charge in [-0.1, -0.05) is 6.92 Å². The van der Waals surface area contributed by atoms with Gasteiger partial charge < -0.3 is 20.4 Å². The van der Waals surface area contributed by atoms with Crippen LogP contribution in [0.25, 0.3) is 0 Å². The number of carbonyl (C=O) groups is 2. The molecule has 0 aromatic carbocycles. The molecule has 110 valence electrons. The number of nitrogens with one attached hydrogen (secondary N) is 1. The number of rotatable bonds is 5. The Labute approximate surface area is 114 Å². The molecule has 1 fully saturated rings. The second-order valence-corrected chi connectivity index (χ2v) is 6.53. The van der Waals surface area contributed by atoms with Crippen molar-refractivity contribution in [2.75, 3.05) is 19.3 Å². The number of aliphatic carboxylic acids is 1. The zero-order valence-electron chi connectivity index (χ0n) is 11.0. The molecule has 19 heavy (non-hydrogen) atoms. The third-order valence-corrected chi connectivity index (χ3v) is 4.59. The second-order valence-electron chi connectivity index (χ2n) is 4.73. The second kappa shape index (κ2) is 6.85. The highest BCUT2D eigenvalue weighted by Gasteiger charge is 2.38. The standard InChI is InChI=1S/C11H20N2O5S/c1-7(19(2)18)3-4-12-11(17)13-6-8(14)5-9(13)10(15)16/h7-9,14H,3-6H2,1-2H3,(H,12,17)(H,15,16)/t7?,8-,9-,19?/m0/s1. The van der Waals surface area contributed by atoms with Crippen molar-refractivity contribution in [3.63, 3.8) is 0 Å². The largest absolute Gasteiger partial charge is 0.480 e. The van der Waals surface area contributed by atoms with Crippen LogP contribution in [0.1, 0.15) is 19.8 Å². The number of carboxylic acids is 1. The number of hydrogen-bond donors (Lipinski definition) is 3. The molecule has 0 bridgehead atoms. The first-order valence-electron chi connectivity index (χ1n) is 6.10. The monoisotopic (exact) mass is 292 g/mol. The Hall–Kier alpha value is -1.15. The van der Waals surface area contributed by atoms with Crippen molar-refractivity contribution in [1.29, 1.82) is 0 Å². The van der Waals surface area contributed by atoms with Crippen LogP contribution < -0.4 is 5.32 Å². The molecule has 0 spiro atoms. The Balaban J connectivity index is 2.44. The predicted octanol–water partition coefficient (Wildman–Crippen LogP) is -0.627. The summed E-state index contributed by atoms with van der Waals surface area (Å²) in [6.45, 7) is 2.18. The maximum atomic E-state index is 11.8. The number of carbonyl (C=O) groups excluding carboxylic acids is 1. The van der Waals surface area contributed by atoms with Gasteiger partial charge >= 0.3 is 12.0 Å². The van der Waals surface area contributed by atoms with Crippen molar-refractivity contribution in [1.82, 2.24) is 10.2 Å². The molecule has 0 aromatic heterocycles. The van der Waals surface area contributed by atoms with Crippen molar-refractivity contribution < 1.29 is 24.0 Å². The maximum Gasteiger partial charge on any atom is 0.326 e. The Morgan fingerprint density at radius 3 is 2.68 bits per heavy atom. The summed E-state index contributed by atoms with van der Waals surface area (Å²) in [5.74, 6) is -1.12. The van der Waals surface area contributed by atoms with E-state index in [1.165, 1.54) is 0 Å². The molecule has 1 saturated heterocycles. The molecule has 4 atom stereocenters. The average Bonchev–Trinajstić information content (AvgIpc) is 2.71. The van der Waals surface area contributed by atoms with Crippen LogP contribution in [-0.2, 0) is 15.6 Å². The highest BCUT2D eigenvalue weighted by atomic mass is 32.2. The van der Waals surface area contributed by atoms with E-state index in [0.29, 0.717) is 13.0 Å². The Morgan fingerprint density at radius 1 is 1.53 bits per heavy atom. The van der Waals surface area contributed by atoms with Crippen molar-refractivity contribution >= 4 is 22.8 Å². The fourth-order valence-electron chi connectivity index (χ4n) is 1.92. The summed E-state index contributed by atoms with van der Waals surface area (Å²) in [5.41, 5.74) is 0. The number of likely N-dealkylation sites (tertiary alicyclic amines) is 1. The first kappa shape index (κ1) is 15.9. The van der Waals surface area contributed by atoms with Crippen molar-refractivity contribution in [3.05, 3.63) is 0 Å². The molecule has 7 nitrogen and oxygen atoms in total. The van der Waals surface area contributed by atoms with E-state index in [1.807, 2.05) is 6.92 Å². The van der Waals surface area contributed by atoms with E-state index in [2.05, 4.69) is 5.32 Å². The van der Waals surface area contributed by atoms with Crippen LogP contribution in [0.2, 0.25) is 0 Å². The van der Waals surface area contributed by atoms with E-state index in [-0.39, 0.29) is 18.2 Å². The molecule has 1 aliphatic heterocycles. The molecule has 1 rings (SSSR count). The molecule has 2 unspecified atom stereocenters. The van der Waals surface area contributed by atoms with Gasteiger partial charge in [0, 0.05) is 41.8 Å². The van der Waals surface area contributed by atoms with Crippen molar-refractivity contribution in [2.24, 2.45) is 0 Å². The summed E-state index contributed by atoms with van der Waals surface area (Å²) in [6, 6.07) is -1.48. The van der Waals surface area contributed by atoms with Gasteiger partial charge in [0.15, 0.2) is 0 Å². The fourth-order valence-corrected chi connectivity index (χ4v) is 2.37. The minimum atomic E-state index is -1.12. The van der Waals surface area contributed by atoms with Crippen LogP contribution in [0, 0.1) is 0 Å². The minimum Gasteiger partial charge on any atom is -0.480 e. The van der Waals surface area contributed by atoms with Crippen molar-refractivity contribution in [3.8, 4) is 0 Å². The van der Waals surface area contributed by atoms with Crippen LogP contribution in [0.3, 0.4) is 0 Å².